The molecule has 6 heteroatoms. The van der Waals surface area contributed by atoms with Crippen LogP contribution in [-0.4, -0.2) is 46.7 Å². The molecule has 21 heavy (non-hydrogen) atoms. The number of urea groups is 1. The Morgan fingerprint density at radius 3 is 2.76 bits per heavy atom. The van der Waals surface area contributed by atoms with Crippen LogP contribution in [-0.2, 0) is 11.3 Å². The van der Waals surface area contributed by atoms with Crippen molar-refractivity contribution in [2.45, 2.75) is 25.8 Å². The maximum Gasteiger partial charge on any atom is 0.341 e. The second-order valence-electron chi connectivity index (χ2n) is 5.11. The van der Waals surface area contributed by atoms with Gasteiger partial charge in [0.15, 0.2) is 0 Å². The molecule has 0 bridgehead atoms. The molecule has 1 aliphatic rings. The Bertz CT molecular complexity index is 478. The summed E-state index contributed by atoms with van der Waals surface area (Å²) in [4.78, 5) is 24.9. The van der Waals surface area contributed by atoms with Gasteiger partial charge in [-0.15, -0.1) is 0 Å². The molecule has 2 N–H and O–H groups in total. The van der Waals surface area contributed by atoms with E-state index in [0.29, 0.717) is 31.0 Å². The van der Waals surface area contributed by atoms with Gasteiger partial charge >= 0.3 is 6.03 Å². The quantitative estimate of drug-likeness (QED) is 0.475. The molecular weight excluding hydrogens is 270 g/mol. The lowest BCUT2D eigenvalue weighted by Crippen LogP contribution is -2.38. The summed E-state index contributed by atoms with van der Waals surface area (Å²) in [5, 5.41) is 13.0. The Labute approximate surface area is 124 Å². The molecule has 0 aliphatic carbocycles. The SMILES string of the molecule is O=C(NCCCN1CCCC1=O)N(O)Cc1ccccc1. The topological polar surface area (TPSA) is 72.9 Å². The van der Waals surface area contributed by atoms with Crippen LogP contribution < -0.4 is 5.32 Å². The van der Waals surface area contributed by atoms with Gasteiger partial charge in [-0.05, 0) is 18.4 Å². The molecule has 3 amide bonds. The van der Waals surface area contributed by atoms with E-state index in [0.717, 1.165) is 18.5 Å². The summed E-state index contributed by atoms with van der Waals surface area (Å²) in [6.07, 6.45) is 2.25. The Balaban J connectivity index is 1.63. The normalized spacial score (nSPS) is 14.3. The van der Waals surface area contributed by atoms with Crippen molar-refractivity contribution in [2.24, 2.45) is 0 Å². The number of carbonyl (C=O) groups is 2. The van der Waals surface area contributed by atoms with Gasteiger partial charge in [0.05, 0.1) is 6.54 Å². The maximum absolute atomic E-state index is 11.7. The van der Waals surface area contributed by atoms with Crippen LogP contribution in [0, 0.1) is 0 Å². The smallest absolute Gasteiger partial charge is 0.341 e. The van der Waals surface area contributed by atoms with Gasteiger partial charge in [0, 0.05) is 26.1 Å². The van der Waals surface area contributed by atoms with Crippen LogP contribution in [0.15, 0.2) is 30.3 Å². The molecule has 1 aliphatic heterocycles. The van der Waals surface area contributed by atoms with Gasteiger partial charge in [0.25, 0.3) is 0 Å². The van der Waals surface area contributed by atoms with Crippen molar-refractivity contribution in [1.82, 2.24) is 15.3 Å². The van der Waals surface area contributed by atoms with E-state index in [9.17, 15) is 14.8 Å². The predicted molar refractivity (Wildman–Crippen MR) is 77.6 cm³/mol. The van der Waals surface area contributed by atoms with Crippen molar-refractivity contribution >= 4 is 11.9 Å². The minimum Gasteiger partial charge on any atom is -0.343 e. The van der Waals surface area contributed by atoms with E-state index in [1.165, 1.54) is 0 Å². The number of nitrogens with one attached hydrogen (secondary N) is 1. The van der Waals surface area contributed by atoms with Crippen molar-refractivity contribution in [1.29, 1.82) is 0 Å². The lowest BCUT2D eigenvalue weighted by molar-refractivity contribution is -0.127. The molecule has 6 nitrogen and oxygen atoms in total. The molecule has 0 aromatic heterocycles. The van der Waals surface area contributed by atoms with E-state index < -0.39 is 6.03 Å². The third-order valence-corrected chi connectivity index (χ3v) is 3.46. The van der Waals surface area contributed by atoms with Gasteiger partial charge in [-0.2, -0.15) is 0 Å². The van der Waals surface area contributed by atoms with Crippen molar-refractivity contribution in [3.05, 3.63) is 35.9 Å². The number of amides is 3. The van der Waals surface area contributed by atoms with E-state index in [2.05, 4.69) is 5.32 Å². The van der Waals surface area contributed by atoms with Crippen molar-refractivity contribution in [3.63, 3.8) is 0 Å². The second kappa shape index (κ2) is 7.64. The number of benzene rings is 1. The summed E-state index contributed by atoms with van der Waals surface area (Å²) >= 11 is 0. The number of rotatable bonds is 6. The van der Waals surface area contributed by atoms with E-state index >= 15 is 0 Å². The van der Waals surface area contributed by atoms with Gasteiger partial charge in [0.1, 0.15) is 0 Å². The average Bonchev–Trinajstić information content (AvgIpc) is 2.90. The minimum absolute atomic E-state index is 0.150. The number of hydrogen-bond acceptors (Lipinski definition) is 3. The highest BCUT2D eigenvalue weighted by Crippen LogP contribution is 2.09. The van der Waals surface area contributed by atoms with Gasteiger partial charge in [0.2, 0.25) is 5.91 Å². The van der Waals surface area contributed by atoms with Gasteiger partial charge in [-0.25, -0.2) is 9.86 Å². The highest BCUT2D eigenvalue weighted by Gasteiger charge is 2.19. The molecule has 0 spiro atoms. The fourth-order valence-electron chi connectivity index (χ4n) is 2.33. The van der Waals surface area contributed by atoms with Crippen LogP contribution in [0.3, 0.4) is 0 Å². The van der Waals surface area contributed by atoms with E-state index in [-0.39, 0.29) is 12.5 Å². The fraction of sp³-hybridized carbons (Fsp3) is 0.467. The first-order chi connectivity index (χ1) is 10.2. The molecule has 114 valence electrons. The number of nitrogens with zero attached hydrogens (tertiary/aromatic N) is 2. The summed E-state index contributed by atoms with van der Waals surface area (Å²) in [6, 6.07) is 8.75. The van der Waals surface area contributed by atoms with Crippen molar-refractivity contribution in [2.75, 3.05) is 19.6 Å². The molecule has 1 fully saturated rings. The highest BCUT2D eigenvalue weighted by atomic mass is 16.5. The van der Waals surface area contributed by atoms with Gasteiger partial charge < -0.3 is 10.2 Å². The second-order valence-corrected chi connectivity index (χ2v) is 5.11. The third-order valence-electron chi connectivity index (χ3n) is 3.46. The van der Waals surface area contributed by atoms with E-state index in [1.807, 2.05) is 35.2 Å². The number of hydrogen-bond donors (Lipinski definition) is 2. The minimum atomic E-state index is -0.522. The molecule has 1 aromatic rings. The summed E-state index contributed by atoms with van der Waals surface area (Å²) in [6.45, 7) is 2.06. The van der Waals surface area contributed by atoms with Gasteiger partial charge in [-0.1, -0.05) is 30.3 Å². The first-order valence-corrected chi connectivity index (χ1v) is 7.23. The van der Waals surface area contributed by atoms with Crippen LogP contribution in [0.1, 0.15) is 24.8 Å². The monoisotopic (exact) mass is 291 g/mol. The van der Waals surface area contributed by atoms with Crippen LogP contribution in [0.5, 0.6) is 0 Å². The lowest BCUT2D eigenvalue weighted by Gasteiger charge is -2.18. The Morgan fingerprint density at radius 2 is 2.10 bits per heavy atom. The Kier molecular flexibility index (Phi) is 5.57. The average molecular weight is 291 g/mol. The fourth-order valence-corrected chi connectivity index (χ4v) is 2.33. The third kappa shape index (κ3) is 4.75. The summed E-state index contributed by atoms with van der Waals surface area (Å²) < 4.78 is 0. The zero-order chi connectivity index (χ0) is 15.1. The largest absolute Gasteiger partial charge is 0.343 e. The predicted octanol–water partition coefficient (Wildman–Crippen LogP) is 1.60. The molecule has 1 saturated heterocycles. The molecule has 0 atom stereocenters. The van der Waals surface area contributed by atoms with Crippen LogP contribution in [0.25, 0.3) is 0 Å². The Hall–Kier alpha value is -2.08. The van der Waals surface area contributed by atoms with Crippen LogP contribution in [0.2, 0.25) is 0 Å². The molecule has 2 rings (SSSR count). The number of hydroxylamine groups is 2. The summed E-state index contributed by atoms with van der Waals surface area (Å²) in [5.41, 5.74) is 0.859. The molecule has 0 radical (unpaired) electrons. The molecule has 1 aromatic carbocycles. The first kappa shape index (κ1) is 15.3. The number of carbonyl (C=O) groups excluding carboxylic acids is 2. The number of likely N-dealkylation sites (tertiary alicyclic amines) is 1. The molecule has 0 unspecified atom stereocenters. The lowest BCUT2D eigenvalue weighted by atomic mass is 10.2. The zero-order valence-corrected chi connectivity index (χ0v) is 12.0. The van der Waals surface area contributed by atoms with Crippen LogP contribution in [0.4, 0.5) is 4.79 Å². The highest BCUT2D eigenvalue weighted by molar-refractivity contribution is 5.78. The van der Waals surface area contributed by atoms with Crippen molar-refractivity contribution in [3.8, 4) is 0 Å². The molecule has 0 saturated carbocycles. The van der Waals surface area contributed by atoms with Crippen molar-refractivity contribution < 1.29 is 14.8 Å². The first-order valence-electron chi connectivity index (χ1n) is 7.23. The molecule has 1 heterocycles. The Morgan fingerprint density at radius 1 is 1.33 bits per heavy atom. The zero-order valence-electron chi connectivity index (χ0n) is 12.0. The summed E-state index contributed by atoms with van der Waals surface area (Å²) in [7, 11) is 0. The maximum atomic E-state index is 11.7. The van der Waals surface area contributed by atoms with Crippen LogP contribution >= 0.6 is 0 Å². The summed E-state index contributed by atoms with van der Waals surface area (Å²) in [5.74, 6) is 0.189. The van der Waals surface area contributed by atoms with Gasteiger partial charge in [-0.3, -0.25) is 10.0 Å². The van der Waals surface area contributed by atoms with E-state index in [1.54, 1.807) is 0 Å². The van der Waals surface area contributed by atoms with E-state index in [4.69, 9.17) is 0 Å². The standard InChI is InChI=1S/C15H21N3O3/c19-14-8-4-10-17(14)11-5-9-16-15(20)18(21)12-13-6-2-1-3-7-13/h1-3,6-7,21H,4-5,8-12H2,(H,16,20). The molecular formula is C15H21N3O3.